The fourth-order valence-electron chi connectivity index (χ4n) is 3.05. The molecule has 0 spiro atoms. The molecule has 1 heterocycles. The van der Waals surface area contributed by atoms with E-state index in [9.17, 15) is 0 Å². The number of methoxy groups -OCH3 is 1. The van der Waals surface area contributed by atoms with Gasteiger partial charge in [-0.3, -0.25) is 4.90 Å². The van der Waals surface area contributed by atoms with Gasteiger partial charge in [0.1, 0.15) is 11.5 Å². The first-order valence-corrected chi connectivity index (χ1v) is 8.95. The Balaban J connectivity index is 1.68. The molecule has 0 unspecified atom stereocenters. The van der Waals surface area contributed by atoms with Gasteiger partial charge >= 0.3 is 0 Å². The highest BCUT2D eigenvalue weighted by atomic mass is 16.5. The largest absolute Gasteiger partial charge is 0.457 e. The number of ether oxygens (including phenoxy) is 2. The van der Waals surface area contributed by atoms with Crippen molar-refractivity contribution in [3.8, 4) is 11.5 Å². The van der Waals surface area contributed by atoms with E-state index >= 15 is 0 Å². The van der Waals surface area contributed by atoms with Crippen LogP contribution in [-0.4, -0.2) is 50.1 Å². The molecule has 4 heteroatoms. The number of nitrogens with zero attached hydrogens (tertiary/aromatic N) is 2. The Hall–Kier alpha value is -1.88. The molecule has 1 aliphatic rings. The summed E-state index contributed by atoms with van der Waals surface area (Å²) in [6.45, 7) is 7.44. The molecule has 0 radical (unpaired) electrons. The van der Waals surface area contributed by atoms with Crippen molar-refractivity contribution in [2.45, 2.75) is 19.6 Å². The molecule has 1 aliphatic heterocycles. The monoisotopic (exact) mass is 340 g/mol. The van der Waals surface area contributed by atoms with Crippen molar-refractivity contribution >= 4 is 0 Å². The van der Waals surface area contributed by atoms with Crippen LogP contribution in [0.1, 0.15) is 24.2 Å². The summed E-state index contributed by atoms with van der Waals surface area (Å²) in [6, 6.07) is 16.5. The maximum absolute atomic E-state index is 6.16. The van der Waals surface area contributed by atoms with Crippen LogP contribution in [0.25, 0.3) is 0 Å². The predicted molar refractivity (Wildman–Crippen MR) is 101 cm³/mol. The van der Waals surface area contributed by atoms with Gasteiger partial charge in [-0.25, -0.2) is 0 Å². The lowest BCUT2D eigenvalue weighted by molar-refractivity contribution is 0.119. The second-order valence-electron chi connectivity index (χ2n) is 6.74. The summed E-state index contributed by atoms with van der Waals surface area (Å²) >= 11 is 0. The molecule has 2 aromatic carbocycles. The summed E-state index contributed by atoms with van der Waals surface area (Å²) in [6.07, 6.45) is 0.0959. The zero-order valence-electron chi connectivity index (χ0n) is 15.4. The second kappa shape index (κ2) is 8.48. The van der Waals surface area contributed by atoms with E-state index in [1.807, 2.05) is 25.1 Å². The van der Waals surface area contributed by atoms with Crippen molar-refractivity contribution in [2.75, 3.05) is 40.3 Å². The van der Waals surface area contributed by atoms with Crippen molar-refractivity contribution < 1.29 is 9.47 Å². The van der Waals surface area contributed by atoms with E-state index in [1.54, 1.807) is 7.11 Å². The summed E-state index contributed by atoms with van der Waals surface area (Å²) in [5.74, 6) is 1.80. The number of rotatable bonds is 6. The molecule has 0 aromatic heterocycles. The maximum atomic E-state index is 6.16. The summed E-state index contributed by atoms with van der Waals surface area (Å²) in [7, 11) is 3.91. The van der Waals surface area contributed by atoms with Crippen molar-refractivity contribution in [2.24, 2.45) is 0 Å². The van der Waals surface area contributed by atoms with Gasteiger partial charge in [0.2, 0.25) is 0 Å². The van der Waals surface area contributed by atoms with Gasteiger partial charge in [-0.05, 0) is 37.7 Å². The predicted octanol–water partition coefficient (Wildman–Crippen LogP) is 3.93. The molecular formula is C21H28N2O2. The normalized spacial score (nSPS) is 17.4. The summed E-state index contributed by atoms with van der Waals surface area (Å²) < 4.78 is 11.5. The van der Waals surface area contributed by atoms with Gasteiger partial charge in [0.15, 0.2) is 0 Å². The van der Waals surface area contributed by atoms with Gasteiger partial charge in [0.05, 0.1) is 6.10 Å². The van der Waals surface area contributed by atoms with Crippen molar-refractivity contribution in [1.82, 2.24) is 9.80 Å². The van der Waals surface area contributed by atoms with Gasteiger partial charge in [-0.15, -0.1) is 0 Å². The SMILES string of the molecule is CO[C@@H](C)c1ccc(Oc2ccccc2CN2CCN(C)CC2)cc1. The minimum atomic E-state index is 0.0959. The van der Waals surface area contributed by atoms with Crippen LogP contribution in [0.15, 0.2) is 48.5 Å². The summed E-state index contributed by atoms with van der Waals surface area (Å²) in [4.78, 5) is 4.87. The fourth-order valence-corrected chi connectivity index (χ4v) is 3.05. The minimum Gasteiger partial charge on any atom is -0.457 e. The van der Waals surface area contributed by atoms with E-state index in [-0.39, 0.29) is 6.10 Å². The van der Waals surface area contributed by atoms with Gasteiger partial charge in [0.25, 0.3) is 0 Å². The highest BCUT2D eigenvalue weighted by Gasteiger charge is 2.16. The lowest BCUT2D eigenvalue weighted by Crippen LogP contribution is -2.43. The molecule has 3 rings (SSSR count). The fraction of sp³-hybridized carbons (Fsp3) is 0.429. The Morgan fingerprint density at radius 1 is 0.960 bits per heavy atom. The Labute approximate surface area is 151 Å². The Bertz CT molecular complexity index is 664. The number of hydrogen-bond donors (Lipinski definition) is 0. The minimum absolute atomic E-state index is 0.0959. The second-order valence-corrected chi connectivity index (χ2v) is 6.74. The number of likely N-dealkylation sites (N-methyl/N-ethyl adjacent to an activating group) is 1. The highest BCUT2D eigenvalue weighted by molar-refractivity contribution is 5.38. The Kier molecular flexibility index (Phi) is 6.08. The summed E-state index contributed by atoms with van der Waals surface area (Å²) in [5.41, 5.74) is 2.39. The number of benzene rings is 2. The third kappa shape index (κ3) is 4.82. The van der Waals surface area contributed by atoms with E-state index in [0.717, 1.165) is 49.8 Å². The maximum Gasteiger partial charge on any atom is 0.131 e. The summed E-state index contributed by atoms with van der Waals surface area (Å²) in [5, 5.41) is 0. The zero-order valence-corrected chi connectivity index (χ0v) is 15.4. The van der Waals surface area contributed by atoms with Crippen LogP contribution < -0.4 is 4.74 Å². The number of hydrogen-bond acceptors (Lipinski definition) is 4. The molecular weight excluding hydrogens is 312 g/mol. The van der Waals surface area contributed by atoms with Crippen LogP contribution in [-0.2, 0) is 11.3 Å². The van der Waals surface area contributed by atoms with E-state index in [0.29, 0.717) is 0 Å². The smallest absolute Gasteiger partial charge is 0.131 e. The molecule has 0 amide bonds. The molecule has 1 saturated heterocycles. The molecule has 25 heavy (non-hydrogen) atoms. The molecule has 0 aliphatic carbocycles. The first-order valence-electron chi connectivity index (χ1n) is 8.95. The Morgan fingerprint density at radius 2 is 1.64 bits per heavy atom. The van der Waals surface area contributed by atoms with Crippen LogP contribution >= 0.6 is 0 Å². The molecule has 1 fully saturated rings. The van der Waals surface area contributed by atoms with Gasteiger partial charge in [-0.1, -0.05) is 30.3 Å². The van der Waals surface area contributed by atoms with Crippen molar-refractivity contribution in [3.63, 3.8) is 0 Å². The molecule has 0 saturated carbocycles. The molecule has 0 N–H and O–H groups in total. The topological polar surface area (TPSA) is 24.9 Å². The standard InChI is InChI=1S/C21H28N2O2/c1-17(24-3)18-8-10-20(11-9-18)25-21-7-5-4-6-19(21)16-23-14-12-22(2)13-15-23/h4-11,17H,12-16H2,1-3H3/t17-/m0/s1. The lowest BCUT2D eigenvalue weighted by Gasteiger charge is -2.32. The van der Waals surface area contributed by atoms with Gasteiger partial charge < -0.3 is 14.4 Å². The van der Waals surface area contributed by atoms with Crippen molar-refractivity contribution in [3.05, 3.63) is 59.7 Å². The Morgan fingerprint density at radius 3 is 2.32 bits per heavy atom. The molecule has 4 nitrogen and oxygen atoms in total. The zero-order chi connectivity index (χ0) is 17.6. The van der Waals surface area contributed by atoms with Crippen LogP contribution in [0.5, 0.6) is 11.5 Å². The van der Waals surface area contributed by atoms with E-state index in [4.69, 9.17) is 9.47 Å². The number of piperazine rings is 1. The third-order valence-corrected chi connectivity index (χ3v) is 4.89. The van der Waals surface area contributed by atoms with Crippen LogP contribution in [0.2, 0.25) is 0 Å². The third-order valence-electron chi connectivity index (χ3n) is 4.89. The first-order chi connectivity index (χ1) is 12.2. The van der Waals surface area contributed by atoms with Crippen LogP contribution in [0.3, 0.4) is 0 Å². The lowest BCUT2D eigenvalue weighted by atomic mass is 10.1. The highest BCUT2D eigenvalue weighted by Crippen LogP contribution is 2.28. The quantitative estimate of drug-likeness (QED) is 0.795. The molecule has 134 valence electrons. The average molecular weight is 340 g/mol. The van der Waals surface area contributed by atoms with Crippen molar-refractivity contribution in [1.29, 1.82) is 0 Å². The van der Waals surface area contributed by atoms with E-state index in [1.165, 1.54) is 5.56 Å². The van der Waals surface area contributed by atoms with Crippen LogP contribution in [0.4, 0.5) is 0 Å². The van der Waals surface area contributed by atoms with E-state index < -0.39 is 0 Å². The molecule has 2 aromatic rings. The van der Waals surface area contributed by atoms with E-state index in [2.05, 4.69) is 47.2 Å². The number of para-hydroxylation sites is 1. The van der Waals surface area contributed by atoms with Gasteiger partial charge in [-0.2, -0.15) is 0 Å². The molecule has 0 bridgehead atoms. The first kappa shape index (κ1) is 17.9. The average Bonchev–Trinajstić information content (AvgIpc) is 2.65. The van der Waals surface area contributed by atoms with Crippen LogP contribution in [0, 0.1) is 0 Å². The molecule has 1 atom stereocenters. The van der Waals surface area contributed by atoms with Gasteiger partial charge in [0, 0.05) is 45.4 Å².